The van der Waals surface area contributed by atoms with Gasteiger partial charge in [-0.1, -0.05) is 32.6 Å². The third-order valence-electron chi connectivity index (χ3n) is 8.20. The molecule has 14 heteroatoms. The summed E-state index contributed by atoms with van der Waals surface area (Å²) in [6, 6.07) is 5.08. The Hall–Kier alpha value is -3.17. The molecule has 1 aliphatic heterocycles. The number of hydrogen-bond acceptors (Lipinski definition) is 13. The minimum atomic E-state index is -0.687. The van der Waals surface area contributed by atoms with E-state index in [4.69, 9.17) is 28.7 Å². The number of nitrogens with one attached hydrogen (secondary N) is 4. The lowest BCUT2D eigenvalue weighted by molar-refractivity contribution is -0.135. The van der Waals surface area contributed by atoms with Crippen LogP contribution in [0.2, 0.25) is 0 Å². The average Bonchev–Trinajstić information content (AvgIpc) is 3.48. The van der Waals surface area contributed by atoms with Gasteiger partial charge in [0.25, 0.3) is 0 Å². The van der Waals surface area contributed by atoms with Crippen molar-refractivity contribution in [3.63, 3.8) is 0 Å². The highest BCUT2D eigenvalue weighted by Crippen LogP contribution is 2.26. The Kier molecular flexibility index (Phi) is 16.3. The molecule has 13 nitrogen and oxygen atoms in total. The van der Waals surface area contributed by atoms with Crippen molar-refractivity contribution in [3.8, 4) is 5.75 Å². The number of halogens is 1. The molecule has 47 heavy (non-hydrogen) atoms. The van der Waals surface area contributed by atoms with Gasteiger partial charge in [0.15, 0.2) is 11.6 Å². The fraction of sp³-hybridized carbons (Fsp3) is 0.697. The zero-order valence-corrected chi connectivity index (χ0v) is 27.9. The van der Waals surface area contributed by atoms with Gasteiger partial charge in [-0.15, -0.1) is 0 Å². The topological polar surface area (TPSA) is 150 Å². The summed E-state index contributed by atoms with van der Waals surface area (Å²) in [7, 11) is 1.62. The molecule has 2 unspecified atom stereocenters. The Morgan fingerprint density at radius 2 is 1.57 bits per heavy atom. The number of hydrogen-bond donors (Lipinski definition) is 4. The maximum atomic E-state index is 15.0. The molecule has 1 saturated heterocycles. The number of anilines is 4. The van der Waals surface area contributed by atoms with Crippen molar-refractivity contribution < 1.29 is 32.9 Å². The summed E-state index contributed by atoms with van der Waals surface area (Å²) in [6.45, 7) is 5.97. The first-order chi connectivity index (χ1) is 23.0. The molecule has 4 rings (SSSR count). The van der Waals surface area contributed by atoms with Gasteiger partial charge in [0.1, 0.15) is 0 Å². The van der Waals surface area contributed by atoms with Crippen LogP contribution in [-0.4, -0.2) is 98.9 Å². The molecule has 0 radical (unpaired) electrons. The Labute approximate surface area is 277 Å². The fourth-order valence-electron chi connectivity index (χ4n) is 5.68. The molecule has 2 aromatic rings. The molecule has 1 aromatic carbocycles. The van der Waals surface area contributed by atoms with Crippen molar-refractivity contribution in [2.75, 3.05) is 75.9 Å². The summed E-state index contributed by atoms with van der Waals surface area (Å²) >= 11 is 0. The van der Waals surface area contributed by atoms with Gasteiger partial charge in [-0.2, -0.15) is 15.0 Å². The van der Waals surface area contributed by atoms with Crippen LogP contribution in [0.25, 0.3) is 0 Å². The first-order valence-electron chi connectivity index (χ1n) is 17.1. The van der Waals surface area contributed by atoms with Crippen LogP contribution in [0.15, 0.2) is 18.2 Å². The lowest BCUT2D eigenvalue weighted by Gasteiger charge is -2.24. The minimum Gasteiger partial charge on any atom is -0.423 e. The van der Waals surface area contributed by atoms with E-state index in [9.17, 15) is 4.79 Å². The van der Waals surface area contributed by atoms with Crippen LogP contribution in [0.4, 0.5) is 27.9 Å². The molecule has 1 aliphatic carbocycles. The summed E-state index contributed by atoms with van der Waals surface area (Å²) in [4.78, 5) is 26.2. The van der Waals surface area contributed by atoms with E-state index >= 15 is 4.39 Å². The van der Waals surface area contributed by atoms with Crippen molar-refractivity contribution in [1.82, 2.24) is 20.3 Å². The van der Waals surface area contributed by atoms with E-state index in [2.05, 4.69) is 38.2 Å². The van der Waals surface area contributed by atoms with Crippen LogP contribution in [0.3, 0.4) is 0 Å². The highest BCUT2D eigenvalue weighted by atomic mass is 19.1. The number of ether oxygens (including phenoxy) is 5. The molecule has 4 N–H and O–H groups in total. The Morgan fingerprint density at radius 1 is 0.894 bits per heavy atom. The quantitative estimate of drug-likeness (QED) is 0.0627. The molecular weight excluding hydrogens is 609 g/mol. The van der Waals surface area contributed by atoms with E-state index in [0.29, 0.717) is 69.3 Å². The number of methoxy groups -OCH3 is 1. The molecule has 0 spiro atoms. The van der Waals surface area contributed by atoms with Gasteiger partial charge in [0.2, 0.25) is 17.8 Å². The number of esters is 1. The predicted molar refractivity (Wildman–Crippen MR) is 178 cm³/mol. The van der Waals surface area contributed by atoms with Crippen LogP contribution >= 0.6 is 0 Å². The molecule has 2 aliphatic rings. The van der Waals surface area contributed by atoms with Crippen molar-refractivity contribution in [3.05, 3.63) is 24.0 Å². The van der Waals surface area contributed by atoms with Gasteiger partial charge in [0.05, 0.1) is 52.7 Å². The van der Waals surface area contributed by atoms with Crippen LogP contribution in [0.5, 0.6) is 5.75 Å². The Bertz CT molecular complexity index is 1200. The van der Waals surface area contributed by atoms with E-state index in [1.54, 1.807) is 13.2 Å². The molecule has 2 heterocycles. The zero-order chi connectivity index (χ0) is 33.1. The second-order valence-electron chi connectivity index (χ2n) is 11.8. The standard InChI is InChI=1S/C33H52FN7O6/c1-3-27(28-11-8-15-35-28)38-33-40-31(36-24-9-6-4-5-7-10-24)39-32(41-33)37-25-12-13-29(26(34)23-25)47-30(42)14-16-44-19-20-46-22-21-45-18-17-43-2/h12-13,23-24,27-28,35H,3-11,14-22H2,1-2H3,(H3,36,37,38,39,40,41). The van der Waals surface area contributed by atoms with E-state index in [-0.39, 0.29) is 30.8 Å². The smallest absolute Gasteiger partial charge is 0.313 e. The van der Waals surface area contributed by atoms with Crippen LogP contribution in [0, 0.1) is 5.82 Å². The van der Waals surface area contributed by atoms with Crippen LogP contribution in [-0.2, 0) is 23.7 Å². The number of benzene rings is 1. The average molecular weight is 662 g/mol. The fourth-order valence-corrected chi connectivity index (χ4v) is 5.68. The highest BCUT2D eigenvalue weighted by Gasteiger charge is 2.24. The van der Waals surface area contributed by atoms with Crippen molar-refractivity contribution in [1.29, 1.82) is 0 Å². The third-order valence-corrected chi connectivity index (χ3v) is 8.20. The number of carbonyl (C=O) groups is 1. The van der Waals surface area contributed by atoms with Gasteiger partial charge in [-0.25, -0.2) is 4.39 Å². The highest BCUT2D eigenvalue weighted by molar-refractivity contribution is 5.73. The molecule has 2 fully saturated rings. The summed E-state index contributed by atoms with van der Waals surface area (Å²) in [5.74, 6) is -0.212. The third kappa shape index (κ3) is 13.5. The summed E-state index contributed by atoms with van der Waals surface area (Å²) < 4.78 is 41.2. The molecule has 262 valence electrons. The second kappa shape index (κ2) is 20.9. The van der Waals surface area contributed by atoms with Gasteiger partial charge in [-0.3, -0.25) is 4.79 Å². The first kappa shape index (κ1) is 36.7. The van der Waals surface area contributed by atoms with E-state index < -0.39 is 11.8 Å². The molecular formula is C33H52FN7O6. The van der Waals surface area contributed by atoms with E-state index in [0.717, 1.165) is 38.6 Å². The SMILES string of the molecule is CCC(Nc1nc(Nc2ccc(OC(=O)CCOCCOCCOCCOC)c(F)c2)nc(NC2CCCCCC2)n1)C1CCCN1. The van der Waals surface area contributed by atoms with Gasteiger partial charge >= 0.3 is 5.97 Å². The maximum absolute atomic E-state index is 15.0. The lowest BCUT2D eigenvalue weighted by atomic mass is 10.0. The number of aromatic nitrogens is 3. The van der Waals surface area contributed by atoms with Crippen molar-refractivity contribution in [2.45, 2.75) is 89.3 Å². The number of rotatable bonds is 21. The summed E-state index contributed by atoms with van der Waals surface area (Å²) in [5.41, 5.74) is 0.414. The Morgan fingerprint density at radius 3 is 2.23 bits per heavy atom. The van der Waals surface area contributed by atoms with Crippen molar-refractivity contribution in [2.24, 2.45) is 0 Å². The number of carbonyl (C=O) groups excluding carboxylic acids is 1. The van der Waals surface area contributed by atoms with Gasteiger partial charge in [0, 0.05) is 37.0 Å². The molecule has 0 bridgehead atoms. The second-order valence-corrected chi connectivity index (χ2v) is 11.8. The predicted octanol–water partition coefficient (Wildman–Crippen LogP) is 4.82. The first-order valence-corrected chi connectivity index (χ1v) is 17.1. The van der Waals surface area contributed by atoms with E-state index in [1.165, 1.54) is 37.8 Å². The monoisotopic (exact) mass is 661 g/mol. The van der Waals surface area contributed by atoms with Gasteiger partial charge < -0.3 is 45.0 Å². The zero-order valence-electron chi connectivity index (χ0n) is 27.9. The number of nitrogens with zero attached hydrogens (tertiary/aromatic N) is 3. The lowest BCUT2D eigenvalue weighted by Crippen LogP contribution is -2.40. The minimum absolute atomic E-state index is 0.0217. The normalized spacial score (nSPS) is 17.6. The van der Waals surface area contributed by atoms with E-state index in [1.807, 2.05) is 0 Å². The molecule has 1 aromatic heterocycles. The summed E-state index contributed by atoms with van der Waals surface area (Å²) in [6.07, 6.45) is 10.1. The Balaban J connectivity index is 1.29. The van der Waals surface area contributed by atoms with Crippen LogP contribution in [0.1, 0.15) is 71.1 Å². The van der Waals surface area contributed by atoms with Gasteiger partial charge in [-0.05, 0) is 50.8 Å². The largest absolute Gasteiger partial charge is 0.423 e. The molecule has 2 atom stereocenters. The molecule has 0 amide bonds. The van der Waals surface area contributed by atoms with Crippen molar-refractivity contribution >= 4 is 29.5 Å². The summed E-state index contributed by atoms with van der Waals surface area (Å²) in [5, 5.41) is 13.7. The molecule has 1 saturated carbocycles. The van der Waals surface area contributed by atoms with Crippen LogP contribution < -0.4 is 26.0 Å². The maximum Gasteiger partial charge on any atom is 0.313 e.